The van der Waals surface area contributed by atoms with Crippen molar-refractivity contribution >= 4 is 15.8 Å². The molecular weight excluding hydrogens is 559 g/mol. The fourth-order valence-corrected chi connectivity index (χ4v) is 8.12. The molecule has 222 valence electrons. The Kier molecular flexibility index (Phi) is 7.30. The lowest BCUT2D eigenvalue weighted by Crippen LogP contribution is -2.43. The van der Waals surface area contributed by atoms with Gasteiger partial charge in [-0.2, -0.15) is 0 Å². The van der Waals surface area contributed by atoms with E-state index in [-0.39, 0.29) is 48.6 Å². The standard InChI is InChI=1S/C33H35FO7S/c1-19-15-23(40-18-33(37)11-13-42(38,39)14-12-33)16-20(2)30(19)24-7-9-28(34)31-25(24)8-10-29(31)41-22-5-3-21(4-6-22)26-17-27(26)32(35)36/h3-7,9,15-16,26-27,29,37H,8,10-14,17-18H2,1-2H3,(H,35,36)/t26-,27+,29-/m1/s1. The molecule has 1 aliphatic heterocycles. The molecule has 2 fully saturated rings. The van der Waals surface area contributed by atoms with E-state index in [4.69, 9.17) is 9.47 Å². The van der Waals surface area contributed by atoms with Gasteiger partial charge in [-0.1, -0.05) is 18.2 Å². The second kappa shape index (κ2) is 10.7. The van der Waals surface area contributed by atoms with Gasteiger partial charge < -0.3 is 19.7 Å². The number of hydrogen-bond donors (Lipinski definition) is 2. The minimum absolute atomic E-state index is 0.0213. The quantitative estimate of drug-likeness (QED) is 0.345. The molecule has 9 heteroatoms. The van der Waals surface area contributed by atoms with Crippen molar-refractivity contribution in [1.29, 1.82) is 0 Å². The van der Waals surface area contributed by atoms with Crippen molar-refractivity contribution in [3.63, 3.8) is 0 Å². The summed E-state index contributed by atoms with van der Waals surface area (Å²) in [5.41, 5.74) is 5.18. The van der Waals surface area contributed by atoms with Crippen LogP contribution in [0.3, 0.4) is 0 Å². The van der Waals surface area contributed by atoms with E-state index in [9.17, 15) is 23.4 Å². The second-order valence-electron chi connectivity index (χ2n) is 12.1. The van der Waals surface area contributed by atoms with Gasteiger partial charge in [-0.3, -0.25) is 4.79 Å². The van der Waals surface area contributed by atoms with Gasteiger partial charge in [0.25, 0.3) is 0 Å². The van der Waals surface area contributed by atoms with Crippen LogP contribution in [0.1, 0.15) is 65.5 Å². The van der Waals surface area contributed by atoms with Crippen LogP contribution in [0.4, 0.5) is 4.39 Å². The number of halogens is 1. The lowest BCUT2D eigenvalue weighted by atomic mass is 9.90. The number of fused-ring (bicyclic) bond motifs is 1. The molecular formula is C33H35FO7S. The molecule has 0 spiro atoms. The van der Waals surface area contributed by atoms with Crippen molar-refractivity contribution in [2.45, 2.75) is 63.6 Å². The molecule has 2 aliphatic carbocycles. The number of sulfone groups is 1. The van der Waals surface area contributed by atoms with Crippen molar-refractivity contribution in [2.75, 3.05) is 18.1 Å². The van der Waals surface area contributed by atoms with Crippen LogP contribution in [0.25, 0.3) is 11.1 Å². The number of aryl methyl sites for hydroxylation is 2. The first-order chi connectivity index (χ1) is 19.9. The van der Waals surface area contributed by atoms with Crippen LogP contribution in [-0.4, -0.2) is 48.3 Å². The molecule has 3 aromatic rings. The number of carboxylic acids is 1. The smallest absolute Gasteiger partial charge is 0.307 e. The summed E-state index contributed by atoms with van der Waals surface area (Å²) in [7, 11) is -3.09. The number of aliphatic hydroxyl groups is 1. The van der Waals surface area contributed by atoms with Crippen LogP contribution in [0, 0.1) is 25.6 Å². The zero-order valence-corrected chi connectivity index (χ0v) is 24.5. The molecule has 0 radical (unpaired) electrons. The van der Waals surface area contributed by atoms with Crippen molar-refractivity contribution in [2.24, 2.45) is 5.92 Å². The topological polar surface area (TPSA) is 110 Å². The minimum atomic E-state index is -3.09. The van der Waals surface area contributed by atoms with E-state index in [1.807, 2.05) is 56.3 Å². The highest BCUT2D eigenvalue weighted by atomic mass is 32.2. The SMILES string of the molecule is Cc1cc(OCC2(O)CCS(=O)(=O)CC2)cc(C)c1-c1ccc(F)c2c1CC[C@H]2Oc1ccc([C@H]2C[C@@H]2C(=O)O)cc1. The maximum Gasteiger partial charge on any atom is 0.307 e. The lowest BCUT2D eigenvalue weighted by molar-refractivity contribution is -0.138. The highest BCUT2D eigenvalue weighted by Crippen LogP contribution is 2.48. The Labute approximate surface area is 245 Å². The zero-order valence-electron chi connectivity index (χ0n) is 23.7. The van der Waals surface area contributed by atoms with Crippen LogP contribution in [-0.2, 0) is 21.1 Å². The van der Waals surface area contributed by atoms with Gasteiger partial charge in [0.1, 0.15) is 35.6 Å². The summed E-state index contributed by atoms with van der Waals surface area (Å²) in [4.78, 5) is 11.2. The third-order valence-corrected chi connectivity index (χ3v) is 10.7. The fraction of sp³-hybridized carbons (Fsp3) is 0.424. The van der Waals surface area contributed by atoms with Gasteiger partial charge in [-0.05, 0) is 116 Å². The number of aliphatic carboxylic acids is 1. The van der Waals surface area contributed by atoms with Gasteiger partial charge in [0.05, 0.1) is 17.4 Å². The molecule has 3 aromatic carbocycles. The average Bonchev–Trinajstić information content (AvgIpc) is 3.65. The third kappa shape index (κ3) is 5.64. The second-order valence-corrected chi connectivity index (χ2v) is 14.4. The van der Waals surface area contributed by atoms with Crippen molar-refractivity contribution in [1.82, 2.24) is 0 Å². The summed E-state index contributed by atoms with van der Waals surface area (Å²) in [5.74, 6) is -0.190. The van der Waals surface area contributed by atoms with E-state index in [1.165, 1.54) is 6.07 Å². The van der Waals surface area contributed by atoms with Crippen LogP contribution in [0.5, 0.6) is 11.5 Å². The molecule has 42 heavy (non-hydrogen) atoms. The highest BCUT2D eigenvalue weighted by molar-refractivity contribution is 7.91. The summed E-state index contributed by atoms with van der Waals surface area (Å²) < 4.78 is 51.0. The zero-order chi connectivity index (χ0) is 29.8. The Balaban J connectivity index is 1.19. The van der Waals surface area contributed by atoms with E-state index >= 15 is 4.39 Å². The molecule has 3 atom stereocenters. The van der Waals surface area contributed by atoms with Gasteiger partial charge in [0, 0.05) is 5.56 Å². The van der Waals surface area contributed by atoms with Crippen LogP contribution in [0.15, 0.2) is 48.5 Å². The number of hydrogen-bond acceptors (Lipinski definition) is 6. The molecule has 1 saturated heterocycles. The highest BCUT2D eigenvalue weighted by Gasteiger charge is 2.44. The Hall–Kier alpha value is -3.43. The number of carbonyl (C=O) groups is 1. The Bertz CT molecular complexity index is 1610. The fourth-order valence-electron chi connectivity index (χ4n) is 6.53. The van der Waals surface area contributed by atoms with Crippen LogP contribution < -0.4 is 9.47 Å². The van der Waals surface area contributed by atoms with Crippen molar-refractivity contribution in [3.8, 4) is 22.6 Å². The normalized spacial score (nSPS) is 23.7. The van der Waals surface area contributed by atoms with E-state index in [0.717, 1.165) is 33.4 Å². The number of rotatable bonds is 8. The molecule has 0 amide bonds. The van der Waals surface area contributed by atoms with Crippen molar-refractivity contribution in [3.05, 3.63) is 82.2 Å². The summed E-state index contributed by atoms with van der Waals surface area (Å²) >= 11 is 0. The summed E-state index contributed by atoms with van der Waals surface area (Å²) in [6, 6.07) is 14.6. The van der Waals surface area contributed by atoms with E-state index in [1.54, 1.807) is 0 Å². The number of carboxylic acid groups (broad SMARTS) is 1. The summed E-state index contributed by atoms with van der Waals surface area (Å²) in [6.45, 7) is 3.98. The monoisotopic (exact) mass is 594 g/mol. The van der Waals surface area contributed by atoms with E-state index in [2.05, 4.69) is 0 Å². The van der Waals surface area contributed by atoms with Crippen LogP contribution >= 0.6 is 0 Å². The Morgan fingerprint density at radius 2 is 1.69 bits per heavy atom. The van der Waals surface area contributed by atoms with Gasteiger partial charge in [0.2, 0.25) is 0 Å². The number of ether oxygens (including phenoxy) is 2. The van der Waals surface area contributed by atoms with Crippen molar-refractivity contribution < 1.29 is 37.3 Å². The van der Waals surface area contributed by atoms with Gasteiger partial charge >= 0.3 is 5.97 Å². The molecule has 0 unspecified atom stereocenters. The molecule has 2 N–H and O–H groups in total. The Morgan fingerprint density at radius 3 is 2.31 bits per heavy atom. The first-order valence-electron chi connectivity index (χ1n) is 14.4. The molecule has 7 nitrogen and oxygen atoms in total. The largest absolute Gasteiger partial charge is 0.491 e. The van der Waals surface area contributed by atoms with Gasteiger partial charge in [-0.25, -0.2) is 12.8 Å². The van der Waals surface area contributed by atoms with E-state index in [0.29, 0.717) is 36.3 Å². The molecule has 0 aromatic heterocycles. The Morgan fingerprint density at radius 1 is 1.02 bits per heavy atom. The third-order valence-electron chi connectivity index (χ3n) is 9.02. The maximum absolute atomic E-state index is 15.2. The maximum atomic E-state index is 15.2. The average molecular weight is 595 g/mol. The first-order valence-corrected chi connectivity index (χ1v) is 16.2. The minimum Gasteiger partial charge on any atom is -0.491 e. The first kappa shape index (κ1) is 28.7. The van der Waals surface area contributed by atoms with Gasteiger partial charge in [0.15, 0.2) is 9.84 Å². The van der Waals surface area contributed by atoms with Gasteiger partial charge in [-0.15, -0.1) is 0 Å². The molecule has 1 heterocycles. The van der Waals surface area contributed by atoms with E-state index < -0.39 is 27.5 Å². The molecule has 1 saturated carbocycles. The molecule has 0 bridgehead atoms. The van der Waals surface area contributed by atoms with Crippen LogP contribution in [0.2, 0.25) is 0 Å². The molecule has 6 rings (SSSR count). The lowest BCUT2D eigenvalue weighted by Gasteiger charge is -2.31. The summed E-state index contributed by atoms with van der Waals surface area (Å²) in [5, 5.41) is 20.0. The summed E-state index contributed by atoms with van der Waals surface area (Å²) in [6.07, 6.45) is 1.85. The predicted molar refractivity (Wildman–Crippen MR) is 156 cm³/mol. The predicted octanol–water partition coefficient (Wildman–Crippen LogP) is 5.68. The molecule has 3 aliphatic rings. The number of benzene rings is 3.